The van der Waals surface area contributed by atoms with Gasteiger partial charge < -0.3 is 14.6 Å². The molecule has 2 atom stereocenters. The molecule has 0 spiro atoms. The molecule has 0 amide bonds. The number of benzene rings is 1. The maximum Gasteiger partial charge on any atom is 0.170 e. The van der Waals surface area contributed by atoms with E-state index in [1.807, 2.05) is 72.8 Å². The van der Waals surface area contributed by atoms with Gasteiger partial charge in [0.15, 0.2) is 10.2 Å². The molecule has 4 heterocycles. The summed E-state index contributed by atoms with van der Waals surface area (Å²) in [5, 5.41) is 5.61. The summed E-state index contributed by atoms with van der Waals surface area (Å²) >= 11 is 13.3. The molecule has 32 heavy (non-hydrogen) atoms. The van der Waals surface area contributed by atoms with Crippen molar-refractivity contribution in [3.63, 3.8) is 0 Å². The van der Waals surface area contributed by atoms with E-state index in [0.29, 0.717) is 16.7 Å². The molecule has 1 saturated heterocycles. The smallest absolute Gasteiger partial charge is 0.170 e. The Balaban J connectivity index is 1.47. The number of nitrogens with one attached hydrogen (secondary N) is 1. The Hall–Kier alpha value is -2.87. The van der Waals surface area contributed by atoms with Gasteiger partial charge in [0.05, 0.1) is 24.0 Å². The molecule has 0 radical (unpaired) electrons. The zero-order valence-electron chi connectivity index (χ0n) is 16.9. The Labute approximate surface area is 200 Å². The Bertz CT molecular complexity index is 1200. The second-order valence-corrected chi connectivity index (χ2v) is 9.19. The van der Waals surface area contributed by atoms with E-state index in [0.717, 1.165) is 27.1 Å². The van der Waals surface area contributed by atoms with Gasteiger partial charge in [-0.25, -0.2) is 0 Å². The third-order valence-electron chi connectivity index (χ3n) is 5.18. The van der Waals surface area contributed by atoms with E-state index in [1.54, 1.807) is 24.2 Å². The second-order valence-electron chi connectivity index (χ2n) is 7.29. The highest BCUT2D eigenvalue weighted by molar-refractivity contribution is 7.99. The van der Waals surface area contributed by atoms with E-state index in [2.05, 4.69) is 20.2 Å². The largest absolute Gasteiger partial charge is 0.452 e. The average Bonchev–Trinajstić information content (AvgIpc) is 3.41. The van der Waals surface area contributed by atoms with Crippen LogP contribution in [0.25, 0.3) is 0 Å². The van der Waals surface area contributed by atoms with Gasteiger partial charge in [0.25, 0.3) is 0 Å². The van der Waals surface area contributed by atoms with E-state index in [4.69, 9.17) is 28.2 Å². The van der Waals surface area contributed by atoms with Crippen LogP contribution in [-0.2, 0) is 6.54 Å². The van der Waals surface area contributed by atoms with Crippen molar-refractivity contribution in [1.82, 2.24) is 20.2 Å². The van der Waals surface area contributed by atoms with Crippen LogP contribution in [0.5, 0.6) is 0 Å². The Kier molecular flexibility index (Phi) is 6.12. The highest BCUT2D eigenvalue weighted by Crippen LogP contribution is 2.41. The number of rotatable bonds is 6. The van der Waals surface area contributed by atoms with Crippen LogP contribution in [0.3, 0.4) is 0 Å². The highest BCUT2D eigenvalue weighted by Gasteiger charge is 2.41. The van der Waals surface area contributed by atoms with Crippen molar-refractivity contribution >= 4 is 40.7 Å². The Morgan fingerprint density at radius 1 is 0.969 bits per heavy atom. The van der Waals surface area contributed by atoms with Crippen molar-refractivity contribution in [2.24, 2.45) is 0 Å². The summed E-state index contributed by atoms with van der Waals surface area (Å²) in [7, 11) is 0. The summed E-state index contributed by atoms with van der Waals surface area (Å²) in [5.41, 5.74) is 1.84. The quantitative estimate of drug-likeness (QED) is 0.338. The van der Waals surface area contributed by atoms with Crippen LogP contribution in [-0.4, -0.2) is 20.0 Å². The molecule has 4 aromatic rings. The molecular weight excluding hydrogens is 460 g/mol. The predicted octanol–water partition coefficient (Wildman–Crippen LogP) is 6.05. The fraction of sp³-hybridized carbons (Fsp3) is 0.125. The minimum Gasteiger partial charge on any atom is -0.452 e. The maximum atomic E-state index is 6.31. The molecule has 160 valence electrons. The van der Waals surface area contributed by atoms with Gasteiger partial charge in [0, 0.05) is 22.3 Å². The molecule has 8 heteroatoms. The van der Waals surface area contributed by atoms with Crippen molar-refractivity contribution in [2.75, 3.05) is 0 Å². The van der Waals surface area contributed by atoms with Crippen LogP contribution >= 0.6 is 35.6 Å². The molecule has 5 rings (SSSR count). The number of thiocarbonyl (C=S) groups is 1. The van der Waals surface area contributed by atoms with Crippen LogP contribution in [0, 0.1) is 0 Å². The summed E-state index contributed by atoms with van der Waals surface area (Å²) in [6.07, 6.45) is 3.59. The van der Waals surface area contributed by atoms with E-state index < -0.39 is 0 Å². The molecule has 1 aromatic carbocycles. The normalized spacial score (nSPS) is 18.0. The second kappa shape index (κ2) is 9.32. The van der Waals surface area contributed by atoms with Crippen molar-refractivity contribution in [1.29, 1.82) is 0 Å². The SMILES string of the molecule is S=C1N[C@@H](c2ccccn2)[C@@H](c2ccc(Sc3ccc(Cl)cc3)o2)N1Cc1ccccn1. The Morgan fingerprint density at radius 2 is 1.75 bits per heavy atom. The standard InChI is InChI=1S/C24H19ClN4OS2/c25-16-7-9-18(10-8-16)32-21-12-11-20(30-21)23-22(19-6-2-4-14-27-19)28-24(31)29(23)15-17-5-1-3-13-26-17/h1-14,22-23H,15H2,(H,28,31)/t22-,23+/m0/s1. The topological polar surface area (TPSA) is 54.2 Å². The van der Waals surface area contributed by atoms with E-state index in [9.17, 15) is 0 Å². The lowest BCUT2D eigenvalue weighted by Crippen LogP contribution is -2.29. The van der Waals surface area contributed by atoms with Gasteiger partial charge in [0.1, 0.15) is 11.8 Å². The van der Waals surface area contributed by atoms with Crippen molar-refractivity contribution < 1.29 is 4.42 Å². The molecule has 5 nitrogen and oxygen atoms in total. The van der Waals surface area contributed by atoms with Crippen molar-refractivity contribution in [3.05, 3.63) is 107 Å². The van der Waals surface area contributed by atoms with Crippen LogP contribution in [0.15, 0.2) is 99.6 Å². The van der Waals surface area contributed by atoms with Crippen LogP contribution in [0.2, 0.25) is 5.02 Å². The summed E-state index contributed by atoms with van der Waals surface area (Å²) < 4.78 is 6.31. The third-order valence-corrected chi connectivity index (χ3v) is 6.71. The fourth-order valence-corrected chi connectivity index (χ4v) is 4.93. The zero-order valence-corrected chi connectivity index (χ0v) is 19.3. The number of pyridine rings is 2. The summed E-state index contributed by atoms with van der Waals surface area (Å²) in [6.45, 7) is 0.570. The number of furan rings is 1. The number of aromatic nitrogens is 2. The van der Waals surface area contributed by atoms with Gasteiger partial charge in [-0.05, 0) is 72.9 Å². The lowest BCUT2D eigenvalue weighted by atomic mass is 10.0. The minimum absolute atomic E-state index is 0.132. The number of hydrogen-bond acceptors (Lipinski definition) is 5. The Morgan fingerprint density at radius 3 is 2.47 bits per heavy atom. The van der Waals surface area contributed by atoms with Gasteiger partial charge in [-0.15, -0.1) is 0 Å². The van der Waals surface area contributed by atoms with Crippen LogP contribution < -0.4 is 5.32 Å². The first-order valence-corrected chi connectivity index (χ1v) is 11.7. The molecule has 3 aromatic heterocycles. The van der Waals surface area contributed by atoms with E-state index in [1.165, 1.54) is 0 Å². The van der Waals surface area contributed by atoms with Crippen LogP contribution in [0.4, 0.5) is 0 Å². The number of nitrogens with zero attached hydrogens (tertiary/aromatic N) is 3. The third kappa shape index (κ3) is 4.50. The monoisotopic (exact) mass is 478 g/mol. The molecule has 0 aliphatic carbocycles. The minimum atomic E-state index is -0.154. The van der Waals surface area contributed by atoms with Crippen molar-refractivity contribution in [3.8, 4) is 0 Å². The first-order valence-electron chi connectivity index (χ1n) is 10.1. The molecule has 0 saturated carbocycles. The molecule has 0 unspecified atom stereocenters. The highest BCUT2D eigenvalue weighted by atomic mass is 35.5. The van der Waals surface area contributed by atoms with Crippen molar-refractivity contribution in [2.45, 2.75) is 28.6 Å². The summed E-state index contributed by atoms with van der Waals surface area (Å²) in [4.78, 5) is 12.2. The first-order chi connectivity index (χ1) is 15.7. The van der Waals surface area contributed by atoms with E-state index >= 15 is 0 Å². The van der Waals surface area contributed by atoms with Gasteiger partial charge in [0.2, 0.25) is 0 Å². The molecule has 0 bridgehead atoms. The van der Waals surface area contributed by atoms with Gasteiger partial charge in [-0.1, -0.05) is 35.5 Å². The summed E-state index contributed by atoms with van der Waals surface area (Å²) in [5.74, 6) is 0.820. The van der Waals surface area contributed by atoms with Crippen LogP contribution in [0.1, 0.15) is 29.2 Å². The number of hydrogen-bond donors (Lipinski definition) is 1. The maximum absolute atomic E-state index is 6.31. The molecule has 1 aliphatic rings. The fourth-order valence-electron chi connectivity index (χ4n) is 3.72. The van der Waals surface area contributed by atoms with Gasteiger partial charge in [-0.3, -0.25) is 9.97 Å². The lowest BCUT2D eigenvalue weighted by Gasteiger charge is -2.25. The summed E-state index contributed by atoms with van der Waals surface area (Å²) in [6, 6.07) is 23.2. The molecule has 1 aliphatic heterocycles. The molecule has 1 fully saturated rings. The molecule has 1 N–H and O–H groups in total. The lowest BCUT2D eigenvalue weighted by molar-refractivity contribution is 0.253. The predicted molar refractivity (Wildman–Crippen MR) is 130 cm³/mol. The average molecular weight is 479 g/mol. The van der Waals surface area contributed by atoms with E-state index in [-0.39, 0.29) is 12.1 Å². The van der Waals surface area contributed by atoms with Gasteiger partial charge >= 0.3 is 0 Å². The zero-order chi connectivity index (χ0) is 21.9. The number of halogens is 1. The first kappa shape index (κ1) is 21.0. The van der Waals surface area contributed by atoms with Gasteiger partial charge in [-0.2, -0.15) is 0 Å². The molecular formula is C24H19ClN4OS2.